The lowest BCUT2D eigenvalue weighted by Crippen LogP contribution is -2.49. The van der Waals surface area contributed by atoms with Crippen LogP contribution in [0.1, 0.15) is 47.7 Å². The summed E-state index contributed by atoms with van der Waals surface area (Å²) in [4.78, 5) is 29.1. The smallest absolute Gasteiger partial charge is 0.322 e. The summed E-state index contributed by atoms with van der Waals surface area (Å²) in [5, 5.41) is 2.76. The van der Waals surface area contributed by atoms with E-state index in [1.165, 1.54) is 23.8 Å². The van der Waals surface area contributed by atoms with Crippen LogP contribution in [0.15, 0.2) is 72.8 Å². The Morgan fingerprint density at radius 1 is 1.00 bits per heavy atom. The van der Waals surface area contributed by atoms with Gasteiger partial charge in [0.05, 0.1) is 0 Å². The highest BCUT2D eigenvalue weighted by Crippen LogP contribution is 2.24. The van der Waals surface area contributed by atoms with Gasteiger partial charge in [0, 0.05) is 36.6 Å². The molecule has 0 unspecified atom stereocenters. The number of nitrogens with one attached hydrogen (secondary N) is 1. The Balaban J connectivity index is 1.40. The number of nitrogens with zero attached hydrogens (tertiary/aromatic N) is 2. The third-order valence-corrected chi connectivity index (χ3v) is 5.85. The van der Waals surface area contributed by atoms with Gasteiger partial charge in [-0.15, -0.1) is 0 Å². The summed E-state index contributed by atoms with van der Waals surface area (Å²) in [5.41, 5.74) is 4.02. The first-order chi connectivity index (χ1) is 15.9. The van der Waals surface area contributed by atoms with Gasteiger partial charge < -0.3 is 10.2 Å². The van der Waals surface area contributed by atoms with Crippen molar-refractivity contribution in [2.45, 2.75) is 32.7 Å². The molecule has 0 aromatic heterocycles. The first-order valence-electron chi connectivity index (χ1n) is 11.2. The molecule has 1 N–H and O–H groups in total. The van der Waals surface area contributed by atoms with Crippen molar-refractivity contribution in [3.63, 3.8) is 0 Å². The quantitative estimate of drug-likeness (QED) is 0.503. The second-order valence-electron chi connectivity index (χ2n) is 8.62. The summed E-state index contributed by atoms with van der Waals surface area (Å²) in [6, 6.07) is 21.1. The van der Waals surface area contributed by atoms with Gasteiger partial charge in [0.15, 0.2) is 0 Å². The highest BCUT2D eigenvalue weighted by atomic mass is 19.1. The molecule has 0 atom stereocenters. The van der Waals surface area contributed by atoms with E-state index in [-0.39, 0.29) is 17.5 Å². The molecule has 0 saturated carbocycles. The predicted molar refractivity (Wildman–Crippen MR) is 129 cm³/mol. The lowest BCUT2D eigenvalue weighted by atomic mass is 10.0. The monoisotopic (exact) mass is 445 g/mol. The predicted octanol–water partition coefficient (Wildman–Crippen LogP) is 6.03. The third-order valence-electron chi connectivity index (χ3n) is 5.85. The molecule has 3 aromatic carbocycles. The van der Waals surface area contributed by atoms with Gasteiger partial charge in [-0.1, -0.05) is 44.2 Å². The van der Waals surface area contributed by atoms with E-state index in [0.717, 1.165) is 24.2 Å². The van der Waals surface area contributed by atoms with Gasteiger partial charge in [-0.3, -0.25) is 9.69 Å². The van der Waals surface area contributed by atoms with Crippen LogP contribution in [0.3, 0.4) is 0 Å². The van der Waals surface area contributed by atoms with Crippen molar-refractivity contribution >= 4 is 23.3 Å². The molecule has 0 spiro atoms. The Kier molecular flexibility index (Phi) is 6.73. The molecule has 1 aliphatic heterocycles. The summed E-state index contributed by atoms with van der Waals surface area (Å²) in [6.07, 6.45) is 0.883. The molecular formula is C27H28FN3O2. The summed E-state index contributed by atoms with van der Waals surface area (Å²) in [5.74, 6) is -0.360. The van der Waals surface area contributed by atoms with Crippen LogP contribution < -0.4 is 10.2 Å². The molecule has 3 amide bonds. The van der Waals surface area contributed by atoms with Crippen LogP contribution in [-0.4, -0.2) is 29.9 Å². The van der Waals surface area contributed by atoms with Crippen molar-refractivity contribution < 1.29 is 14.0 Å². The van der Waals surface area contributed by atoms with Crippen LogP contribution in [0.2, 0.25) is 0 Å². The highest BCUT2D eigenvalue weighted by molar-refractivity contribution is 6.04. The first-order valence-corrected chi connectivity index (χ1v) is 11.2. The minimum atomic E-state index is -0.456. The second-order valence-corrected chi connectivity index (χ2v) is 8.62. The molecule has 170 valence electrons. The van der Waals surface area contributed by atoms with E-state index in [4.69, 9.17) is 0 Å². The Morgan fingerprint density at radius 3 is 2.39 bits per heavy atom. The van der Waals surface area contributed by atoms with Crippen molar-refractivity contribution in [1.82, 2.24) is 4.90 Å². The van der Waals surface area contributed by atoms with Crippen LogP contribution in [0.5, 0.6) is 0 Å². The number of urea groups is 1. The van der Waals surface area contributed by atoms with Crippen LogP contribution in [0.4, 0.5) is 20.6 Å². The van der Waals surface area contributed by atoms with Gasteiger partial charge in [-0.2, -0.15) is 0 Å². The largest absolute Gasteiger partial charge is 0.324 e. The third kappa shape index (κ3) is 5.40. The number of carbonyl (C=O) groups excluding carboxylic acids is 2. The van der Waals surface area contributed by atoms with E-state index in [1.807, 2.05) is 17.0 Å². The van der Waals surface area contributed by atoms with E-state index < -0.39 is 5.82 Å². The molecule has 4 rings (SSSR count). The molecule has 5 nitrogen and oxygen atoms in total. The topological polar surface area (TPSA) is 52.6 Å². The Hall–Kier alpha value is -3.67. The van der Waals surface area contributed by atoms with E-state index in [0.29, 0.717) is 24.7 Å². The highest BCUT2D eigenvalue weighted by Gasteiger charge is 2.26. The Bertz CT molecular complexity index is 1130. The van der Waals surface area contributed by atoms with Crippen LogP contribution in [-0.2, 0) is 6.54 Å². The average Bonchev–Trinajstić information content (AvgIpc) is 2.81. The molecular weight excluding hydrogens is 417 g/mol. The van der Waals surface area contributed by atoms with E-state index >= 15 is 0 Å². The number of hydrogen-bond acceptors (Lipinski definition) is 2. The number of benzene rings is 3. The second kappa shape index (κ2) is 9.86. The normalized spacial score (nSPS) is 14.0. The zero-order valence-electron chi connectivity index (χ0n) is 18.9. The van der Waals surface area contributed by atoms with Crippen molar-refractivity contribution in [3.05, 3.63) is 95.3 Å². The lowest BCUT2D eigenvalue weighted by Gasteiger charge is -2.35. The van der Waals surface area contributed by atoms with Gasteiger partial charge in [0.2, 0.25) is 0 Å². The van der Waals surface area contributed by atoms with Crippen LogP contribution >= 0.6 is 0 Å². The van der Waals surface area contributed by atoms with Gasteiger partial charge in [-0.25, -0.2) is 9.18 Å². The van der Waals surface area contributed by atoms with Gasteiger partial charge in [0.1, 0.15) is 5.82 Å². The molecule has 0 radical (unpaired) electrons. The number of amides is 3. The lowest BCUT2D eigenvalue weighted by molar-refractivity contribution is 0.102. The number of anilines is 2. The fourth-order valence-electron chi connectivity index (χ4n) is 3.95. The van der Waals surface area contributed by atoms with Crippen molar-refractivity contribution in [2.75, 3.05) is 23.3 Å². The molecule has 1 saturated heterocycles. The Labute approximate surface area is 193 Å². The summed E-state index contributed by atoms with van der Waals surface area (Å²) >= 11 is 0. The molecule has 1 aliphatic rings. The van der Waals surface area contributed by atoms with E-state index in [1.54, 1.807) is 23.1 Å². The molecule has 1 heterocycles. The standard InChI is InChI=1S/C27H28FN3O2/c1-19(2)21-9-7-20(8-10-21)18-30-15-4-16-31(27(30)33)25-13-11-24(12-14-25)29-26(32)22-5-3-6-23(28)17-22/h3,5-14,17,19H,4,15-16,18H2,1-2H3,(H,29,32). The molecule has 3 aromatic rings. The van der Waals surface area contributed by atoms with Gasteiger partial charge in [-0.05, 0) is 65.9 Å². The molecule has 1 fully saturated rings. The average molecular weight is 446 g/mol. The maximum atomic E-state index is 13.4. The van der Waals surface area contributed by atoms with Crippen LogP contribution in [0.25, 0.3) is 0 Å². The number of rotatable bonds is 6. The molecule has 6 heteroatoms. The first kappa shape index (κ1) is 22.5. The molecule has 0 bridgehead atoms. The number of carbonyl (C=O) groups is 2. The van der Waals surface area contributed by atoms with Crippen molar-refractivity contribution in [3.8, 4) is 0 Å². The maximum absolute atomic E-state index is 13.4. The van der Waals surface area contributed by atoms with Gasteiger partial charge in [0.25, 0.3) is 5.91 Å². The van der Waals surface area contributed by atoms with E-state index in [9.17, 15) is 14.0 Å². The minimum Gasteiger partial charge on any atom is -0.322 e. The zero-order chi connectivity index (χ0) is 23.4. The summed E-state index contributed by atoms with van der Waals surface area (Å²) < 4.78 is 13.4. The van der Waals surface area contributed by atoms with Crippen molar-refractivity contribution in [2.24, 2.45) is 0 Å². The van der Waals surface area contributed by atoms with Crippen molar-refractivity contribution in [1.29, 1.82) is 0 Å². The van der Waals surface area contributed by atoms with E-state index in [2.05, 4.69) is 43.4 Å². The summed E-state index contributed by atoms with van der Waals surface area (Å²) in [6.45, 7) is 6.29. The summed E-state index contributed by atoms with van der Waals surface area (Å²) in [7, 11) is 0. The fraction of sp³-hybridized carbons (Fsp3) is 0.259. The number of halogens is 1. The molecule has 33 heavy (non-hydrogen) atoms. The van der Waals surface area contributed by atoms with Crippen LogP contribution in [0, 0.1) is 5.82 Å². The minimum absolute atomic E-state index is 0.0225. The Morgan fingerprint density at radius 2 is 1.73 bits per heavy atom. The number of hydrogen-bond donors (Lipinski definition) is 1. The fourth-order valence-corrected chi connectivity index (χ4v) is 3.95. The van der Waals surface area contributed by atoms with Gasteiger partial charge >= 0.3 is 6.03 Å². The zero-order valence-corrected chi connectivity index (χ0v) is 18.9. The SMILES string of the molecule is CC(C)c1ccc(CN2CCCN(c3ccc(NC(=O)c4cccc(F)c4)cc3)C2=O)cc1. The maximum Gasteiger partial charge on any atom is 0.324 e. The molecule has 0 aliphatic carbocycles.